The summed E-state index contributed by atoms with van der Waals surface area (Å²) >= 11 is 0. The molecule has 5 nitrogen and oxygen atoms in total. The second kappa shape index (κ2) is 9.10. The molecule has 1 aliphatic carbocycles. The number of benzene rings is 1. The number of aryl methyl sites for hydroxylation is 1. The maximum absolute atomic E-state index is 4.42. The lowest BCUT2D eigenvalue weighted by molar-refractivity contribution is 0.598. The van der Waals surface area contributed by atoms with Crippen LogP contribution in [0.25, 0.3) is 11.0 Å². The largest absolute Gasteiger partial charge is 0.356 e. The van der Waals surface area contributed by atoms with E-state index in [0.717, 1.165) is 31.0 Å². The van der Waals surface area contributed by atoms with Gasteiger partial charge < -0.3 is 15.2 Å². The molecule has 3 rings (SSSR count). The van der Waals surface area contributed by atoms with Crippen molar-refractivity contribution in [3.8, 4) is 0 Å². The summed E-state index contributed by atoms with van der Waals surface area (Å²) in [6.07, 6.45) is 8.18. The van der Waals surface area contributed by atoms with Gasteiger partial charge >= 0.3 is 0 Å². The van der Waals surface area contributed by atoms with Crippen molar-refractivity contribution in [3.05, 3.63) is 30.6 Å². The van der Waals surface area contributed by atoms with Crippen molar-refractivity contribution in [1.82, 2.24) is 20.2 Å². The van der Waals surface area contributed by atoms with E-state index in [9.17, 15) is 0 Å². The van der Waals surface area contributed by atoms with Gasteiger partial charge in [0.25, 0.3) is 0 Å². The quantitative estimate of drug-likeness (QED) is 0.334. The Bertz CT molecular complexity index is 631. The molecular formula is C17H26IN5. The third-order valence-corrected chi connectivity index (χ3v) is 4.32. The lowest BCUT2D eigenvalue weighted by atomic mass is 10.2. The van der Waals surface area contributed by atoms with Crippen molar-refractivity contribution in [2.75, 3.05) is 13.6 Å². The molecule has 1 aliphatic rings. The Labute approximate surface area is 155 Å². The lowest BCUT2D eigenvalue weighted by Crippen LogP contribution is -2.42. The molecule has 1 aromatic carbocycles. The maximum atomic E-state index is 4.42. The zero-order valence-corrected chi connectivity index (χ0v) is 16.0. The first-order valence-corrected chi connectivity index (χ1v) is 8.24. The SMILES string of the molecule is CN=C(NCCCn1cnc2ccccc21)NC1CCCC1.I. The van der Waals surface area contributed by atoms with Gasteiger partial charge in [0.1, 0.15) is 0 Å². The van der Waals surface area contributed by atoms with Gasteiger partial charge in [0, 0.05) is 26.2 Å². The van der Waals surface area contributed by atoms with Crippen LogP contribution in [-0.4, -0.2) is 35.1 Å². The molecule has 2 N–H and O–H groups in total. The highest BCUT2D eigenvalue weighted by atomic mass is 127. The molecular weight excluding hydrogens is 401 g/mol. The van der Waals surface area contributed by atoms with Crippen LogP contribution in [0.5, 0.6) is 0 Å². The number of nitrogens with one attached hydrogen (secondary N) is 2. The molecule has 1 aromatic heterocycles. The van der Waals surface area contributed by atoms with E-state index in [0.29, 0.717) is 6.04 Å². The minimum atomic E-state index is 0. The van der Waals surface area contributed by atoms with Gasteiger partial charge in [-0.1, -0.05) is 25.0 Å². The van der Waals surface area contributed by atoms with Gasteiger partial charge in [0.15, 0.2) is 5.96 Å². The van der Waals surface area contributed by atoms with Gasteiger partial charge in [-0.25, -0.2) is 4.98 Å². The zero-order valence-electron chi connectivity index (χ0n) is 13.7. The molecule has 1 heterocycles. The van der Waals surface area contributed by atoms with Crippen LogP contribution in [0.15, 0.2) is 35.6 Å². The summed E-state index contributed by atoms with van der Waals surface area (Å²) in [7, 11) is 1.84. The van der Waals surface area contributed by atoms with Crippen LogP contribution in [0.2, 0.25) is 0 Å². The van der Waals surface area contributed by atoms with E-state index in [1.165, 1.54) is 31.2 Å². The Morgan fingerprint density at radius 1 is 1.30 bits per heavy atom. The number of rotatable bonds is 5. The van der Waals surface area contributed by atoms with Gasteiger partial charge in [-0.2, -0.15) is 0 Å². The fraction of sp³-hybridized carbons (Fsp3) is 0.529. The number of aromatic nitrogens is 2. The van der Waals surface area contributed by atoms with Crippen LogP contribution in [0, 0.1) is 0 Å². The molecule has 0 aliphatic heterocycles. The molecule has 0 spiro atoms. The van der Waals surface area contributed by atoms with Gasteiger partial charge in [0.2, 0.25) is 0 Å². The van der Waals surface area contributed by atoms with E-state index in [1.54, 1.807) is 0 Å². The minimum absolute atomic E-state index is 0. The number of guanidine groups is 1. The predicted octanol–water partition coefficient (Wildman–Crippen LogP) is 3.15. The van der Waals surface area contributed by atoms with Crippen LogP contribution >= 0.6 is 24.0 Å². The molecule has 2 aromatic rings. The Kier molecular flexibility index (Phi) is 7.14. The van der Waals surface area contributed by atoms with Crippen LogP contribution in [-0.2, 0) is 6.54 Å². The molecule has 0 unspecified atom stereocenters. The molecule has 0 saturated heterocycles. The Morgan fingerprint density at radius 3 is 2.87 bits per heavy atom. The Balaban J connectivity index is 0.00000192. The number of hydrogen-bond acceptors (Lipinski definition) is 2. The molecule has 0 amide bonds. The first-order valence-electron chi connectivity index (χ1n) is 8.24. The number of hydrogen-bond donors (Lipinski definition) is 2. The van der Waals surface area contributed by atoms with Gasteiger partial charge in [-0.05, 0) is 31.4 Å². The van der Waals surface area contributed by atoms with Gasteiger partial charge in [0.05, 0.1) is 17.4 Å². The van der Waals surface area contributed by atoms with Crippen LogP contribution in [0.1, 0.15) is 32.1 Å². The molecule has 6 heteroatoms. The van der Waals surface area contributed by atoms with E-state index in [-0.39, 0.29) is 24.0 Å². The second-order valence-electron chi connectivity index (χ2n) is 5.90. The first kappa shape index (κ1) is 18.0. The fourth-order valence-corrected chi connectivity index (χ4v) is 3.10. The Morgan fingerprint density at radius 2 is 2.09 bits per heavy atom. The van der Waals surface area contributed by atoms with Crippen LogP contribution in [0.3, 0.4) is 0 Å². The monoisotopic (exact) mass is 427 g/mol. The normalized spacial score (nSPS) is 15.6. The summed E-state index contributed by atoms with van der Waals surface area (Å²) in [4.78, 5) is 8.73. The van der Waals surface area contributed by atoms with Crippen molar-refractivity contribution in [1.29, 1.82) is 0 Å². The molecule has 0 bridgehead atoms. The molecule has 0 radical (unpaired) electrons. The van der Waals surface area contributed by atoms with Gasteiger partial charge in [-0.3, -0.25) is 4.99 Å². The van der Waals surface area contributed by atoms with Crippen molar-refractivity contribution in [2.45, 2.75) is 44.7 Å². The molecule has 0 atom stereocenters. The van der Waals surface area contributed by atoms with Crippen LogP contribution in [0.4, 0.5) is 0 Å². The summed E-state index contributed by atoms with van der Waals surface area (Å²) in [6, 6.07) is 8.86. The minimum Gasteiger partial charge on any atom is -0.356 e. The number of halogens is 1. The first-order chi connectivity index (χ1) is 10.9. The van der Waals surface area contributed by atoms with Crippen LogP contribution < -0.4 is 10.6 Å². The smallest absolute Gasteiger partial charge is 0.191 e. The van der Waals surface area contributed by atoms with Crippen molar-refractivity contribution < 1.29 is 0 Å². The average molecular weight is 427 g/mol. The number of nitrogens with zero attached hydrogens (tertiary/aromatic N) is 3. The molecule has 126 valence electrons. The highest BCUT2D eigenvalue weighted by Crippen LogP contribution is 2.17. The molecule has 1 saturated carbocycles. The average Bonchev–Trinajstić information content (AvgIpc) is 3.20. The summed E-state index contributed by atoms with van der Waals surface area (Å²) in [5, 5.41) is 6.92. The topological polar surface area (TPSA) is 54.2 Å². The maximum Gasteiger partial charge on any atom is 0.191 e. The Hall–Kier alpha value is -1.31. The highest BCUT2D eigenvalue weighted by Gasteiger charge is 2.15. The zero-order chi connectivity index (χ0) is 15.2. The van der Waals surface area contributed by atoms with Crippen molar-refractivity contribution in [2.24, 2.45) is 4.99 Å². The molecule has 23 heavy (non-hydrogen) atoms. The van der Waals surface area contributed by atoms with E-state index in [2.05, 4.69) is 43.4 Å². The van der Waals surface area contributed by atoms with Crippen molar-refractivity contribution in [3.63, 3.8) is 0 Å². The fourth-order valence-electron chi connectivity index (χ4n) is 3.10. The highest BCUT2D eigenvalue weighted by molar-refractivity contribution is 14.0. The van der Waals surface area contributed by atoms with E-state index in [4.69, 9.17) is 0 Å². The third kappa shape index (κ3) is 4.83. The van der Waals surface area contributed by atoms with E-state index in [1.807, 2.05) is 19.4 Å². The lowest BCUT2D eigenvalue weighted by Gasteiger charge is -2.16. The summed E-state index contributed by atoms with van der Waals surface area (Å²) in [6.45, 7) is 1.88. The number of imidazole rings is 1. The van der Waals surface area contributed by atoms with E-state index >= 15 is 0 Å². The standard InChI is InChI=1S/C17H25N5.HI/c1-18-17(21-14-7-2-3-8-14)19-11-6-12-22-13-20-15-9-4-5-10-16(15)22;/h4-5,9-10,13-14H,2-3,6-8,11-12H2,1H3,(H2,18,19,21);1H. The summed E-state index contributed by atoms with van der Waals surface area (Å²) in [5.74, 6) is 0.933. The molecule has 1 fully saturated rings. The number of para-hydroxylation sites is 2. The second-order valence-corrected chi connectivity index (χ2v) is 5.90. The predicted molar refractivity (Wildman–Crippen MR) is 107 cm³/mol. The number of fused-ring (bicyclic) bond motifs is 1. The summed E-state index contributed by atoms with van der Waals surface area (Å²) < 4.78 is 2.21. The third-order valence-electron chi connectivity index (χ3n) is 4.32. The summed E-state index contributed by atoms with van der Waals surface area (Å²) in [5.41, 5.74) is 2.27. The number of aliphatic imine (C=N–C) groups is 1. The van der Waals surface area contributed by atoms with Crippen molar-refractivity contribution >= 4 is 41.0 Å². The van der Waals surface area contributed by atoms with Gasteiger partial charge in [-0.15, -0.1) is 24.0 Å². The van der Waals surface area contributed by atoms with E-state index < -0.39 is 0 Å².